The number of anilines is 1. The van der Waals surface area contributed by atoms with E-state index in [1.807, 2.05) is 40.6 Å². The number of hydrogen-bond acceptors (Lipinski definition) is 5. The maximum absolute atomic E-state index is 12.8. The molecule has 6 nitrogen and oxygen atoms in total. The zero-order valence-electron chi connectivity index (χ0n) is 14.4. The third kappa shape index (κ3) is 2.67. The largest absolute Gasteiger partial charge is 0.469 e. The van der Waals surface area contributed by atoms with Crippen LogP contribution in [-0.2, 0) is 4.79 Å². The van der Waals surface area contributed by atoms with Crippen molar-refractivity contribution >= 4 is 28.8 Å². The highest BCUT2D eigenvalue weighted by Gasteiger charge is 2.49. The highest BCUT2D eigenvalue weighted by molar-refractivity contribution is 7.08. The van der Waals surface area contributed by atoms with Crippen molar-refractivity contribution in [3.63, 3.8) is 0 Å². The lowest BCUT2D eigenvalue weighted by Crippen LogP contribution is -2.64. The van der Waals surface area contributed by atoms with Gasteiger partial charge in [-0.15, -0.1) is 0 Å². The minimum atomic E-state index is -0.191. The van der Waals surface area contributed by atoms with Crippen molar-refractivity contribution in [2.75, 3.05) is 38.1 Å². The van der Waals surface area contributed by atoms with Crippen LogP contribution < -0.4 is 4.90 Å². The van der Waals surface area contributed by atoms with Gasteiger partial charge in [0.2, 0.25) is 5.91 Å². The predicted octanol–water partition coefficient (Wildman–Crippen LogP) is 2.21. The first-order chi connectivity index (χ1) is 12.0. The number of likely N-dealkylation sites (N-methyl/N-ethyl adjacent to an activating group) is 1. The quantitative estimate of drug-likeness (QED) is 0.825. The van der Waals surface area contributed by atoms with Crippen molar-refractivity contribution in [1.29, 1.82) is 0 Å². The van der Waals surface area contributed by atoms with E-state index < -0.39 is 0 Å². The highest BCUT2D eigenvalue weighted by atomic mass is 32.1. The SMILES string of the molecule is Cc1occc1C(=O)N1CCC2(C1)CN(c1ccsc1)C(=O)CN2C. The number of amides is 2. The van der Waals surface area contributed by atoms with Crippen LogP contribution in [-0.4, -0.2) is 60.4 Å². The zero-order chi connectivity index (χ0) is 17.6. The van der Waals surface area contributed by atoms with Gasteiger partial charge in [-0.05, 0) is 37.9 Å². The van der Waals surface area contributed by atoms with Gasteiger partial charge in [-0.25, -0.2) is 0 Å². The van der Waals surface area contributed by atoms with E-state index in [2.05, 4.69) is 4.90 Å². The van der Waals surface area contributed by atoms with Crippen LogP contribution in [0.3, 0.4) is 0 Å². The van der Waals surface area contributed by atoms with Crippen LogP contribution in [0.2, 0.25) is 0 Å². The van der Waals surface area contributed by atoms with Crippen molar-refractivity contribution in [3.05, 3.63) is 40.5 Å². The van der Waals surface area contributed by atoms with Gasteiger partial charge in [0.1, 0.15) is 5.76 Å². The number of likely N-dealkylation sites (tertiary alicyclic amines) is 1. The Bertz CT molecular complexity index is 800. The molecular weight excluding hydrogens is 338 g/mol. The van der Waals surface area contributed by atoms with Gasteiger partial charge >= 0.3 is 0 Å². The number of hydrogen-bond donors (Lipinski definition) is 0. The minimum Gasteiger partial charge on any atom is -0.469 e. The molecule has 0 aliphatic carbocycles. The second-order valence-corrected chi connectivity index (χ2v) is 7.69. The molecule has 2 aromatic rings. The second-order valence-electron chi connectivity index (χ2n) is 6.91. The fourth-order valence-electron chi connectivity index (χ4n) is 3.85. The Morgan fingerprint density at radius 2 is 2.16 bits per heavy atom. The van der Waals surface area contributed by atoms with Crippen LogP contribution in [0.15, 0.2) is 33.6 Å². The topological polar surface area (TPSA) is 57.0 Å². The van der Waals surface area contributed by atoms with Crippen molar-refractivity contribution in [2.45, 2.75) is 18.9 Å². The fraction of sp³-hybridized carbons (Fsp3) is 0.444. The van der Waals surface area contributed by atoms with Gasteiger partial charge in [0.15, 0.2) is 0 Å². The van der Waals surface area contributed by atoms with Crippen LogP contribution in [0, 0.1) is 6.92 Å². The van der Waals surface area contributed by atoms with E-state index in [0.717, 1.165) is 12.1 Å². The van der Waals surface area contributed by atoms with Gasteiger partial charge in [0.25, 0.3) is 5.91 Å². The Balaban J connectivity index is 1.56. The molecule has 1 unspecified atom stereocenters. The number of carbonyl (C=O) groups excluding carboxylic acids is 2. The monoisotopic (exact) mass is 359 g/mol. The minimum absolute atomic E-state index is 0.00973. The van der Waals surface area contributed by atoms with E-state index in [-0.39, 0.29) is 17.4 Å². The molecule has 2 amide bonds. The Hall–Kier alpha value is -2.12. The molecule has 7 heteroatoms. The number of carbonyl (C=O) groups is 2. The molecular formula is C18H21N3O3S. The molecule has 1 atom stereocenters. The maximum atomic E-state index is 12.8. The molecule has 4 heterocycles. The first kappa shape index (κ1) is 16.4. The number of piperazine rings is 1. The summed E-state index contributed by atoms with van der Waals surface area (Å²) in [5.74, 6) is 0.774. The van der Waals surface area contributed by atoms with E-state index in [1.165, 1.54) is 0 Å². The summed E-state index contributed by atoms with van der Waals surface area (Å²) in [7, 11) is 1.99. The lowest BCUT2D eigenvalue weighted by atomic mass is 9.93. The smallest absolute Gasteiger partial charge is 0.257 e. The van der Waals surface area contributed by atoms with E-state index in [9.17, 15) is 9.59 Å². The highest BCUT2D eigenvalue weighted by Crippen LogP contribution is 2.34. The fourth-order valence-corrected chi connectivity index (χ4v) is 4.49. The summed E-state index contributed by atoms with van der Waals surface area (Å²) in [6, 6.07) is 3.71. The number of nitrogens with zero attached hydrogens (tertiary/aromatic N) is 3. The van der Waals surface area contributed by atoms with Crippen LogP contribution in [0.4, 0.5) is 5.69 Å². The summed E-state index contributed by atoms with van der Waals surface area (Å²) in [5, 5.41) is 3.99. The molecule has 25 heavy (non-hydrogen) atoms. The summed E-state index contributed by atoms with van der Waals surface area (Å²) >= 11 is 1.59. The third-order valence-corrected chi connectivity index (χ3v) is 6.13. The lowest BCUT2D eigenvalue weighted by molar-refractivity contribution is -0.123. The van der Waals surface area contributed by atoms with Crippen LogP contribution in [0.25, 0.3) is 0 Å². The van der Waals surface area contributed by atoms with Gasteiger partial charge in [-0.3, -0.25) is 14.5 Å². The van der Waals surface area contributed by atoms with Gasteiger partial charge in [0, 0.05) is 25.0 Å². The third-order valence-electron chi connectivity index (χ3n) is 5.46. The van der Waals surface area contributed by atoms with Gasteiger partial charge in [0.05, 0.1) is 29.6 Å². The molecule has 2 fully saturated rings. The van der Waals surface area contributed by atoms with Gasteiger partial charge in [-0.1, -0.05) is 0 Å². The number of rotatable bonds is 2. The number of thiophene rings is 1. The Kier molecular flexibility index (Phi) is 3.92. The zero-order valence-corrected chi connectivity index (χ0v) is 15.2. The Labute approximate surface area is 150 Å². The summed E-state index contributed by atoms with van der Waals surface area (Å²) in [6.07, 6.45) is 2.41. The molecule has 0 bridgehead atoms. The average molecular weight is 359 g/mol. The molecule has 0 saturated carbocycles. The lowest BCUT2D eigenvalue weighted by Gasteiger charge is -2.46. The molecule has 1 spiro atoms. The number of furan rings is 1. The molecule has 2 aliphatic rings. The second kappa shape index (κ2) is 6.00. The first-order valence-electron chi connectivity index (χ1n) is 8.37. The summed E-state index contributed by atoms with van der Waals surface area (Å²) < 4.78 is 5.27. The van der Waals surface area contributed by atoms with Crippen molar-refractivity contribution in [1.82, 2.24) is 9.80 Å². The van der Waals surface area contributed by atoms with E-state index >= 15 is 0 Å². The Morgan fingerprint density at radius 3 is 2.84 bits per heavy atom. The van der Waals surface area contributed by atoms with Gasteiger partial charge < -0.3 is 14.2 Å². The summed E-state index contributed by atoms with van der Waals surface area (Å²) in [4.78, 5) is 31.2. The molecule has 2 aromatic heterocycles. The molecule has 4 rings (SSSR count). The van der Waals surface area contributed by atoms with Gasteiger partial charge in [-0.2, -0.15) is 11.3 Å². The molecule has 132 valence electrons. The van der Waals surface area contributed by atoms with E-state index in [0.29, 0.717) is 37.5 Å². The standard InChI is InChI=1S/C18H21N3O3S/c1-13-15(3-7-24-13)17(23)20-6-5-18(11-20)12-21(14-4-8-25-10-14)16(22)9-19(18)2/h3-4,7-8,10H,5-6,9,11-12H2,1-2H3. The van der Waals surface area contributed by atoms with E-state index in [1.54, 1.807) is 23.7 Å². The van der Waals surface area contributed by atoms with E-state index in [4.69, 9.17) is 4.42 Å². The maximum Gasteiger partial charge on any atom is 0.257 e. The predicted molar refractivity (Wildman–Crippen MR) is 96.0 cm³/mol. The van der Waals surface area contributed by atoms with Crippen molar-refractivity contribution in [2.24, 2.45) is 0 Å². The summed E-state index contributed by atoms with van der Waals surface area (Å²) in [5.41, 5.74) is 1.39. The first-order valence-corrected chi connectivity index (χ1v) is 9.32. The number of aryl methyl sites for hydroxylation is 1. The molecule has 2 aliphatic heterocycles. The van der Waals surface area contributed by atoms with Crippen molar-refractivity contribution in [3.8, 4) is 0 Å². The van der Waals surface area contributed by atoms with Crippen molar-refractivity contribution < 1.29 is 14.0 Å². The van der Waals surface area contributed by atoms with Crippen LogP contribution in [0.1, 0.15) is 22.5 Å². The van der Waals surface area contributed by atoms with Crippen LogP contribution in [0.5, 0.6) is 0 Å². The normalized spacial score (nSPS) is 24.5. The molecule has 0 aromatic carbocycles. The average Bonchev–Trinajstić information content (AvgIpc) is 3.32. The summed E-state index contributed by atoms with van der Waals surface area (Å²) in [6.45, 7) is 4.12. The Morgan fingerprint density at radius 1 is 1.32 bits per heavy atom. The molecule has 2 saturated heterocycles. The molecule has 0 radical (unpaired) electrons. The molecule has 0 N–H and O–H groups in total. The van der Waals surface area contributed by atoms with Crippen LogP contribution >= 0.6 is 11.3 Å².